The molecule has 2 aromatic rings. The minimum Gasteiger partial charge on any atom is -0.502 e. The number of hydrogen-bond acceptors (Lipinski definition) is 2. The van der Waals surface area contributed by atoms with Gasteiger partial charge in [-0.25, -0.2) is 8.63 Å². The molecule has 2 nitrogen and oxygen atoms in total. The molecule has 0 aromatic heterocycles. The first-order chi connectivity index (χ1) is 12.9. The summed E-state index contributed by atoms with van der Waals surface area (Å²) in [4.78, 5) is 12.7. The highest BCUT2D eigenvalue weighted by molar-refractivity contribution is 6.36. The minimum atomic E-state index is -3.07. The van der Waals surface area contributed by atoms with Crippen LogP contribution in [-0.4, -0.2) is 13.3 Å². The van der Waals surface area contributed by atoms with E-state index in [2.05, 4.69) is 46.2 Å². The van der Waals surface area contributed by atoms with Gasteiger partial charge < -0.3 is 4.65 Å². The van der Waals surface area contributed by atoms with E-state index >= 15 is 0 Å². The first-order valence-corrected chi connectivity index (χ1v) is 9.30. The van der Waals surface area contributed by atoms with Crippen molar-refractivity contribution in [1.29, 1.82) is 0 Å². The van der Waals surface area contributed by atoms with Crippen LogP contribution >= 0.6 is 0 Å². The summed E-state index contributed by atoms with van der Waals surface area (Å²) in [5.74, 6) is -0.942. The molecule has 2 rings (SSSR count). The zero-order valence-electron chi connectivity index (χ0n) is 17.3. The first-order valence-electron chi connectivity index (χ1n) is 9.30. The lowest BCUT2D eigenvalue weighted by Gasteiger charge is -2.19. The Labute approximate surface area is 166 Å². The monoisotopic (exact) mass is 384 g/mol. The van der Waals surface area contributed by atoms with Gasteiger partial charge in [0.1, 0.15) is 0 Å². The first kappa shape index (κ1) is 21.9. The highest BCUT2D eigenvalue weighted by Gasteiger charge is 2.25. The molecule has 148 valence electrons. The standard InChI is InChI=1S/C23H27BF2O2/c1-22(2,3)18-11-7-16(8-12-18)15-20(28-24(25)26)21(27)17-9-13-19(14-10-17)23(4,5)6/h7-15H,1-6H3/b20-15+. The maximum absolute atomic E-state index is 12.9. The molecule has 28 heavy (non-hydrogen) atoms. The van der Waals surface area contributed by atoms with Crippen molar-refractivity contribution in [3.05, 3.63) is 76.5 Å². The van der Waals surface area contributed by atoms with Gasteiger partial charge in [0.05, 0.1) is 0 Å². The quantitative estimate of drug-likeness (QED) is 0.256. The Morgan fingerprint density at radius 2 is 1.25 bits per heavy atom. The molecule has 0 fully saturated rings. The van der Waals surface area contributed by atoms with Crippen molar-refractivity contribution in [1.82, 2.24) is 0 Å². The number of halogens is 2. The van der Waals surface area contributed by atoms with Gasteiger partial charge in [0.25, 0.3) is 0 Å². The van der Waals surface area contributed by atoms with Gasteiger partial charge in [0, 0.05) is 5.56 Å². The normalized spacial score (nSPS) is 12.6. The Hall–Kier alpha value is -2.43. The second-order valence-electron chi connectivity index (χ2n) is 8.92. The number of carbonyl (C=O) groups excluding carboxylic acids is 1. The smallest absolute Gasteiger partial charge is 0.502 e. The van der Waals surface area contributed by atoms with Gasteiger partial charge in [0.15, 0.2) is 5.76 Å². The number of benzene rings is 2. The lowest BCUT2D eigenvalue weighted by molar-refractivity contribution is 0.0978. The molecule has 5 heteroatoms. The summed E-state index contributed by atoms with van der Waals surface area (Å²) < 4.78 is 30.3. The lowest BCUT2D eigenvalue weighted by Crippen LogP contribution is -2.14. The average Bonchev–Trinajstić information content (AvgIpc) is 2.59. The van der Waals surface area contributed by atoms with E-state index in [1.165, 1.54) is 6.08 Å². The summed E-state index contributed by atoms with van der Waals surface area (Å²) in [6.07, 6.45) is 1.36. The molecule has 0 spiro atoms. The highest BCUT2D eigenvalue weighted by atomic mass is 19.2. The summed E-state index contributed by atoms with van der Waals surface area (Å²) in [5.41, 5.74) is 3.03. The maximum atomic E-state index is 12.9. The summed E-state index contributed by atoms with van der Waals surface area (Å²) in [6.45, 7) is 12.5. The van der Waals surface area contributed by atoms with Crippen LogP contribution in [0.5, 0.6) is 0 Å². The largest absolute Gasteiger partial charge is 0.796 e. The number of carbonyl (C=O) groups is 1. The zero-order chi connectivity index (χ0) is 21.1. The van der Waals surface area contributed by atoms with Crippen LogP contribution in [0.3, 0.4) is 0 Å². The molecule has 0 atom stereocenters. The van der Waals surface area contributed by atoms with Gasteiger partial charge in [0.2, 0.25) is 5.78 Å². The summed E-state index contributed by atoms with van der Waals surface area (Å²) >= 11 is 0. The van der Waals surface area contributed by atoms with Crippen LogP contribution in [0.15, 0.2) is 54.3 Å². The Bertz CT molecular complexity index is 840. The van der Waals surface area contributed by atoms with E-state index in [1.54, 1.807) is 24.3 Å². The zero-order valence-corrected chi connectivity index (χ0v) is 17.3. The van der Waals surface area contributed by atoms with Crippen molar-refractivity contribution < 1.29 is 18.1 Å². The third kappa shape index (κ3) is 5.78. The Morgan fingerprint density at radius 1 is 0.821 bits per heavy atom. The topological polar surface area (TPSA) is 26.3 Å². The van der Waals surface area contributed by atoms with E-state index in [0.29, 0.717) is 11.1 Å². The third-order valence-electron chi connectivity index (χ3n) is 4.53. The molecule has 0 radical (unpaired) electrons. The molecule has 0 amide bonds. The predicted molar refractivity (Wildman–Crippen MR) is 112 cm³/mol. The average molecular weight is 384 g/mol. The summed E-state index contributed by atoms with van der Waals surface area (Å²) in [7, 11) is -3.07. The Kier molecular flexibility index (Phi) is 6.48. The van der Waals surface area contributed by atoms with Gasteiger partial charge in [-0.1, -0.05) is 90.1 Å². The molecule has 0 unspecified atom stereocenters. The van der Waals surface area contributed by atoms with E-state index in [1.807, 2.05) is 24.3 Å². The van der Waals surface area contributed by atoms with E-state index in [-0.39, 0.29) is 16.6 Å². The van der Waals surface area contributed by atoms with Crippen LogP contribution in [0.2, 0.25) is 0 Å². The maximum Gasteiger partial charge on any atom is 0.796 e. The lowest BCUT2D eigenvalue weighted by atomic mass is 9.86. The predicted octanol–water partition coefficient (Wildman–Crippen LogP) is 6.45. The molecular weight excluding hydrogens is 357 g/mol. The molecule has 0 heterocycles. The van der Waals surface area contributed by atoms with E-state index in [0.717, 1.165) is 11.1 Å². The van der Waals surface area contributed by atoms with Crippen molar-refractivity contribution in [3.63, 3.8) is 0 Å². The summed E-state index contributed by atoms with van der Waals surface area (Å²) in [6, 6.07) is 14.4. The molecule has 0 saturated carbocycles. The highest BCUT2D eigenvalue weighted by Crippen LogP contribution is 2.25. The van der Waals surface area contributed by atoms with Gasteiger partial charge in [-0.15, -0.1) is 0 Å². The minimum absolute atomic E-state index is 0.0187. The van der Waals surface area contributed by atoms with Crippen molar-refractivity contribution in [2.75, 3.05) is 0 Å². The number of allylic oxidation sites excluding steroid dienone is 1. The Balaban J connectivity index is 2.34. The Morgan fingerprint density at radius 3 is 1.64 bits per heavy atom. The second-order valence-corrected chi connectivity index (χ2v) is 8.92. The number of ketones is 1. The molecule has 0 saturated heterocycles. The summed E-state index contributed by atoms with van der Waals surface area (Å²) in [5, 5.41) is 0. The van der Waals surface area contributed by atoms with Crippen molar-refractivity contribution >= 4 is 19.3 Å². The van der Waals surface area contributed by atoms with Gasteiger partial charge in [-0.2, -0.15) is 0 Å². The SMILES string of the molecule is CC(C)(C)c1ccc(/C=C(/OB(F)F)C(=O)c2ccc(C(C)(C)C)cc2)cc1. The van der Waals surface area contributed by atoms with Crippen LogP contribution < -0.4 is 0 Å². The van der Waals surface area contributed by atoms with Gasteiger partial charge in [-0.05, 0) is 33.6 Å². The van der Waals surface area contributed by atoms with Crippen LogP contribution in [-0.2, 0) is 15.5 Å². The molecular formula is C23H27BF2O2. The van der Waals surface area contributed by atoms with E-state index < -0.39 is 13.3 Å². The fourth-order valence-electron chi connectivity index (χ4n) is 2.74. The molecule has 0 N–H and O–H groups in total. The van der Waals surface area contributed by atoms with E-state index in [9.17, 15) is 13.4 Å². The molecule has 0 bridgehead atoms. The molecule has 0 aliphatic heterocycles. The van der Waals surface area contributed by atoms with Crippen LogP contribution in [0.25, 0.3) is 6.08 Å². The van der Waals surface area contributed by atoms with Crippen LogP contribution in [0, 0.1) is 0 Å². The van der Waals surface area contributed by atoms with Gasteiger partial charge in [-0.3, -0.25) is 4.79 Å². The third-order valence-corrected chi connectivity index (χ3v) is 4.53. The second kappa shape index (κ2) is 8.30. The van der Waals surface area contributed by atoms with Crippen LogP contribution in [0.1, 0.15) is 68.6 Å². The molecule has 0 aliphatic rings. The van der Waals surface area contributed by atoms with Gasteiger partial charge >= 0.3 is 7.47 Å². The van der Waals surface area contributed by atoms with Crippen LogP contribution in [0.4, 0.5) is 8.63 Å². The number of rotatable bonds is 5. The van der Waals surface area contributed by atoms with E-state index in [4.69, 9.17) is 0 Å². The van der Waals surface area contributed by atoms with Crippen molar-refractivity contribution in [3.8, 4) is 0 Å². The molecule has 0 aliphatic carbocycles. The van der Waals surface area contributed by atoms with Crippen molar-refractivity contribution in [2.45, 2.75) is 52.4 Å². The fourth-order valence-corrected chi connectivity index (χ4v) is 2.74. The number of Topliss-reactive ketones (excluding diaryl/α,β-unsaturated/α-hetero) is 1. The fraction of sp³-hybridized carbons (Fsp3) is 0.348. The number of hydrogen-bond donors (Lipinski definition) is 0. The molecule has 2 aromatic carbocycles. The van der Waals surface area contributed by atoms with Crippen molar-refractivity contribution in [2.24, 2.45) is 0 Å².